The van der Waals surface area contributed by atoms with Gasteiger partial charge in [-0.25, -0.2) is 19.2 Å². The Bertz CT molecular complexity index is 543. The number of nitrogens with zero attached hydrogens (tertiary/aromatic N) is 2. The highest BCUT2D eigenvalue weighted by Gasteiger charge is 2.06. The molecule has 2 N–H and O–H groups in total. The maximum Gasteiger partial charge on any atom is 0.356 e. The van der Waals surface area contributed by atoms with Crippen molar-refractivity contribution in [2.24, 2.45) is 0 Å². The first kappa shape index (κ1) is 11.0. The largest absolute Gasteiger partial charge is 0.476 e. The van der Waals surface area contributed by atoms with Crippen LogP contribution in [0.5, 0.6) is 0 Å². The summed E-state index contributed by atoms with van der Waals surface area (Å²) in [6, 6.07) is 6.09. The van der Waals surface area contributed by atoms with Gasteiger partial charge in [-0.05, 0) is 12.1 Å². The van der Waals surface area contributed by atoms with Gasteiger partial charge < -0.3 is 10.4 Å². The summed E-state index contributed by atoms with van der Waals surface area (Å²) < 4.78 is 13.3. The van der Waals surface area contributed by atoms with Gasteiger partial charge in [-0.2, -0.15) is 0 Å². The molecule has 0 unspecified atom stereocenters. The summed E-state index contributed by atoms with van der Waals surface area (Å²) in [6.07, 6.45) is 2.33. The predicted molar refractivity (Wildman–Crippen MR) is 58.7 cm³/mol. The van der Waals surface area contributed by atoms with Crippen molar-refractivity contribution in [3.8, 4) is 0 Å². The van der Waals surface area contributed by atoms with Crippen molar-refractivity contribution in [3.05, 3.63) is 48.2 Å². The van der Waals surface area contributed by atoms with Gasteiger partial charge in [0.25, 0.3) is 0 Å². The van der Waals surface area contributed by atoms with Crippen molar-refractivity contribution in [2.75, 3.05) is 5.32 Å². The molecule has 1 aromatic carbocycles. The van der Waals surface area contributed by atoms with Gasteiger partial charge in [-0.15, -0.1) is 0 Å². The van der Waals surface area contributed by atoms with E-state index in [1.165, 1.54) is 12.3 Å². The van der Waals surface area contributed by atoms with Gasteiger partial charge in [-0.1, -0.05) is 12.1 Å². The van der Waals surface area contributed by atoms with Gasteiger partial charge in [0.05, 0.1) is 18.1 Å². The molecular formula is C11H8FN3O2. The summed E-state index contributed by atoms with van der Waals surface area (Å²) in [4.78, 5) is 18.0. The molecule has 0 atom stereocenters. The number of benzene rings is 1. The van der Waals surface area contributed by atoms with Crippen LogP contribution in [-0.4, -0.2) is 21.0 Å². The van der Waals surface area contributed by atoms with Crippen molar-refractivity contribution in [3.63, 3.8) is 0 Å². The molecule has 0 aliphatic rings. The number of para-hydroxylation sites is 1. The summed E-state index contributed by atoms with van der Waals surface area (Å²) in [5.41, 5.74) is 0.0916. The molecule has 86 valence electrons. The topological polar surface area (TPSA) is 75.1 Å². The lowest BCUT2D eigenvalue weighted by Crippen LogP contribution is -2.03. The van der Waals surface area contributed by atoms with Crippen molar-refractivity contribution in [1.82, 2.24) is 9.97 Å². The molecule has 1 heterocycles. The van der Waals surface area contributed by atoms with Crippen LogP contribution in [0.3, 0.4) is 0 Å². The number of anilines is 2. The minimum absolute atomic E-state index is 0.163. The number of hydrogen-bond acceptors (Lipinski definition) is 4. The average Bonchev–Trinajstić information content (AvgIpc) is 2.33. The first-order chi connectivity index (χ1) is 8.16. The molecule has 0 saturated carbocycles. The fourth-order valence-electron chi connectivity index (χ4n) is 1.20. The molecular weight excluding hydrogens is 225 g/mol. The first-order valence-corrected chi connectivity index (χ1v) is 4.74. The molecule has 0 radical (unpaired) electrons. The average molecular weight is 233 g/mol. The highest BCUT2D eigenvalue weighted by atomic mass is 19.1. The Kier molecular flexibility index (Phi) is 2.95. The third-order valence-corrected chi connectivity index (χ3v) is 2.01. The monoisotopic (exact) mass is 233 g/mol. The lowest BCUT2D eigenvalue weighted by molar-refractivity contribution is 0.0690. The number of rotatable bonds is 3. The van der Waals surface area contributed by atoms with Crippen molar-refractivity contribution in [2.45, 2.75) is 0 Å². The predicted octanol–water partition coefficient (Wildman–Crippen LogP) is 2.06. The van der Waals surface area contributed by atoms with Crippen LogP contribution in [-0.2, 0) is 0 Å². The maximum atomic E-state index is 13.3. The lowest BCUT2D eigenvalue weighted by atomic mass is 10.3. The van der Waals surface area contributed by atoms with E-state index in [0.29, 0.717) is 0 Å². The molecule has 0 aliphatic heterocycles. The highest BCUT2D eigenvalue weighted by molar-refractivity contribution is 5.85. The van der Waals surface area contributed by atoms with Gasteiger partial charge in [0.2, 0.25) is 0 Å². The SMILES string of the molecule is O=C(O)c1cnc(Nc2ccccc2F)cn1. The Morgan fingerprint density at radius 2 is 2.00 bits per heavy atom. The highest BCUT2D eigenvalue weighted by Crippen LogP contribution is 2.16. The van der Waals surface area contributed by atoms with Crippen LogP contribution in [0, 0.1) is 5.82 Å². The molecule has 6 heteroatoms. The van der Waals surface area contributed by atoms with Crippen LogP contribution in [0.4, 0.5) is 15.9 Å². The molecule has 0 aliphatic carbocycles. The third kappa shape index (κ3) is 2.54. The first-order valence-electron chi connectivity index (χ1n) is 4.74. The van der Waals surface area contributed by atoms with E-state index < -0.39 is 11.8 Å². The van der Waals surface area contributed by atoms with Crippen LogP contribution in [0.1, 0.15) is 10.5 Å². The molecule has 0 saturated heterocycles. The summed E-state index contributed by atoms with van der Waals surface area (Å²) >= 11 is 0. The number of aromatic carboxylic acids is 1. The minimum atomic E-state index is -1.16. The lowest BCUT2D eigenvalue weighted by Gasteiger charge is -2.05. The van der Waals surface area contributed by atoms with E-state index in [-0.39, 0.29) is 17.2 Å². The number of hydrogen-bond donors (Lipinski definition) is 2. The number of carbonyl (C=O) groups is 1. The van der Waals surface area contributed by atoms with Crippen LogP contribution in [0.15, 0.2) is 36.7 Å². The van der Waals surface area contributed by atoms with E-state index >= 15 is 0 Å². The van der Waals surface area contributed by atoms with Gasteiger partial charge in [-0.3, -0.25) is 0 Å². The second-order valence-corrected chi connectivity index (χ2v) is 3.20. The molecule has 0 bridgehead atoms. The molecule has 17 heavy (non-hydrogen) atoms. The summed E-state index contributed by atoms with van der Waals surface area (Å²) in [5.74, 6) is -1.30. The zero-order valence-corrected chi connectivity index (χ0v) is 8.59. The molecule has 0 amide bonds. The normalized spacial score (nSPS) is 9.94. The van der Waals surface area contributed by atoms with Crippen LogP contribution < -0.4 is 5.32 Å². The van der Waals surface area contributed by atoms with Crippen LogP contribution in [0.25, 0.3) is 0 Å². The van der Waals surface area contributed by atoms with Crippen LogP contribution >= 0.6 is 0 Å². The Balaban J connectivity index is 2.20. The maximum absolute atomic E-state index is 13.3. The van der Waals surface area contributed by atoms with E-state index in [0.717, 1.165) is 6.20 Å². The Labute approximate surface area is 96.0 Å². The van der Waals surface area contributed by atoms with E-state index in [1.54, 1.807) is 18.2 Å². The van der Waals surface area contributed by atoms with Crippen molar-refractivity contribution >= 4 is 17.5 Å². The second kappa shape index (κ2) is 4.56. The van der Waals surface area contributed by atoms with Crippen LogP contribution in [0.2, 0.25) is 0 Å². The Morgan fingerprint density at radius 3 is 2.59 bits per heavy atom. The molecule has 0 fully saturated rings. The van der Waals surface area contributed by atoms with E-state index in [9.17, 15) is 9.18 Å². The molecule has 5 nitrogen and oxygen atoms in total. The smallest absolute Gasteiger partial charge is 0.356 e. The minimum Gasteiger partial charge on any atom is -0.476 e. The Hall–Kier alpha value is -2.50. The number of carboxylic acid groups (broad SMARTS) is 1. The van der Waals surface area contributed by atoms with Crippen molar-refractivity contribution < 1.29 is 14.3 Å². The zero-order valence-electron chi connectivity index (χ0n) is 8.59. The third-order valence-electron chi connectivity index (χ3n) is 2.01. The summed E-state index contributed by atoms with van der Waals surface area (Å²) in [6.45, 7) is 0. The molecule has 0 spiro atoms. The molecule has 1 aromatic heterocycles. The number of aromatic nitrogens is 2. The fraction of sp³-hybridized carbons (Fsp3) is 0. The second-order valence-electron chi connectivity index (χ2n) is 3.20. The standard InChI is InChI=1S/C11H8FN3O2/c12-7-3-1-2-4-8(7)15-10-6-13-9(5-14-10)11(16)17/h1-6H,(H,14,15)(H,16,17). The van der Waals surface area contributed by atoms with E-state index in [1.807, 2.05) is 0 Å². The number of halogens is 1. The number of nitrogens with one attached hydrogen (secondary N) is 1. The Morgan fingerprint density at radius 1 is 1.24 bits per heavy atom. The van der Waals surface area contributed by atoms with Gasteiger partial charge in [0.1, 0.15) is 11.6 Å². The molecule has 2 aromatic rings. The summed E-state index contributed by atoms with van der Waals surface area (Å²) in [7, 11) is 0. The quantitative estimate of drug-likeness (QED) is 0.848. The molecule has 2 rings (SSSR count). The number of carboxylic acids is 1. The van der Waals surface area contributed by atoms with Gasteiger partial charge in [0.15, 0.2) is 5.69 Å². The van der Waals surface area contributed by atoms with E-state index in [4.69, 9.17) is 5.11 Å². The summed E-state index contributed by atoms with van der Waals surface area (Å²) in [5, 5.41) is 11.3. The zero-order chi connectivity index (χ0) is 12.3. The fourth-order valence-corrected chi connectivity index (χ4v) is 1.20. The van der Waals surface area contributed by atoms with Gasteiger partial charge >= 0.3 is 5.97 Å². The van der Waals surface area contributed by atoms with Gasteiger partial charge in [0, 0.05) is 0 Å². The van der Waals surface area contributed by atoms with Crippen molar-refractivity contribution in [1.29, 1.82) is 0 Å². The van der Waals surface area contributed by atoms with E-state index in [2.05, 4.69) is 15.3 Å².